The molecule has 0 radical (unpaired) electrons. The molecular weight excluding hydrogens is 376 g/mol. The van der Waals surface area contributed by atoms with Gasteiger partial charge < -0.3 is 15.4 Å². The maximum Gasteiger partial charge on any atom is 0.308 e. The molecule has 6 nitrogen and oxygen atoms in total. The number of hydrogen-bond acceptors (Lipinski definition) is 5. The zero-order valence-corrected chi connectivity index (χ0v) is 17.4. The van der Waals surface area contributed by atoms with Crippen LogP contribution in [0.4, 0.5) is 5.69 Å². The molecule has 0 aromatic heterocycles. The topological polar surface area (TPSA) is 84.5 Å². The van der Waals surface area contributed by atoms with E-state index in [2.05, 4.69) is 24.5 Å². The van der Waals surface area contributed by atoms with E-state index in [0.29, 0.717) is 11.8 Å². The van der Waals surface area contributed by atoms with Crippen molar-refractivity contribution in [2.75, 3.05) is 5.32 Å². The Balaban J connectivity index is 1.50. The number of carbonyl (C=O) groups excluding carboxylic acids is 3. The van der Waals surface area contributed by atoms with Gasteiger partial charge in [0.05, 0.1) is 17.4 Å². The predicted octanol–water partition coefficient (Wildman–Crippen LogP) is 3.36. The van der Waals surface area contributed by atoms with Crippen LogP contribution < -0.4 is 10.6 Å². The Morgan fingerprint density at radius 1 is 1.29 bits per heavy atom. The van der Waals surface area contributed by atoms with Crippen molar-refractivity contribution < 1.29 is 19.1 Å². The molecule has 1 aromatic rings. The first kappa shape index (κ1) is 20.7. The summed E-state index contributed by atoms with van der Waals surface area (Å²) in [5, 5.41) is 5.28. The van der Waals surface area contributed by atoms with Gasteiger partial charge >= 0.3 is 5.97 Å². The summed E-state index contributed by atoms with van der Waals surface area (Å²) in [4.78, 5) is 37.9. The highest BCUT2D eigenvalue weighted by atomic mass is 32.2. The molecule has 2 N–H and O–H groups in total. The summed E-state index contributed by atoms with van der Waals surface area (Å²) in [5.41, 5.74) is 0.755. The summed E-state index contributed by atoms with van der Waals surface area (Å²) in [6, 6.07) is 7.59. The lowest BCUT2D eigenvalue weighted by molar-refractivity contribution is -0.155. The van der Waals surface area contributed by atoms with Crippen LogP contribution in [-0.2, 0) is 19.1 Å². The summed E-state index contributed by atoms with van der Waals surface area (Å²) in [6.45, 7) is 5.94. The molecule has 1 fully saturated rings. The number of esters is 1. The van der Waals surface area contributed by atoms with Crippen molar-refractivity contribution in [1.82, 2.24) is 5.32 Å². The van der Waals surface area contributed by atoms with Gasteiger partial charge in [-0.1, -0.05) is 38.8 Å². The third-order valence-corrected chi connectivity index (χ3v) is 7.05. The van der Waals surface area contributed by atoms with Crippen LogP contribution in [0.15, 0.2) is 29.2 Å². The van der Waals surface area contributed by atoms with E-state index in [1.807, 2.05) is 24.3 Å². The molecule has 28 heavy (non-hydrogen) atoms. The summed E-state index contributed by atoms with van der Waals surface area (Å²) in [7, 11) is 0. The van der Waals surface area contributed by atoms with Gasteiger partial charge in [-0.15, -0.1) is 11.8 Å². The third-order valence-electron chi connectivity index (χ3n) is 5.77. The molecule has 3 rings (SSSR count). The molecule has 1 aliphatic carbocycles. The second kappa shape index (κ2) is 8.99. The maximum atomic E-state index is 12.4. The Bertz CT molecular complexity index is 754. The first-order valence-corrected chi connectivity index (χ1v) is 10.8. The zero-order chi connectivity index (χ0) is 20.3. The van der Waals surface area contributed by atoms with E-state index in [1.165, 1.54) is 18.2 Å². The minimum atomic E-state index is -0.874. The number of fused-ring (bicyclic) bond motifs is 1. The SMILES string of the molecule is C[C@@H]1[C@H](C)CCC[C@@H]1NC(=O)[C@@H](C)OC(=O)C[C@H]1Sc2ccccc2NC1=O. The molecule has 0 saturated heterocycles. The third kappa shape index (κ3) is 4.87. The van der Waals surface area contributed by atoms with Gasteiger partial charge in [-0.05, 0) is 37.3 Å². The number of anilines is 1. The molecular formula is C21H28N2O4S. The number of thioether (sulfide) groups is 1. The number of ether oxygens (including phenoxy) is 1. The average Bonchev–Trinajstić information content (AvgIpc) is 2.66. The van der Waals surface area contributed by atoms with E-state index < -0.39 is 17.3 Å². The van der Waals surface area contributed by atoms with E-state index in [-0.39, 0.29) is 24.3 Å². The fraction of sp³-hybridized carbons (Fsp3) is 0.571. The van der Waals surface area contributed by atoms with Gasteiger partial charge in [0.1, 0.15) is 0 Å². The van der Waals surface area contributed by atoms with Crippen LogP contribution in [0.1, 0.15) is 46.5 Å². The highest BCUT2D eigenvalue weighted by Gasteiger charge is 2.32. The number of carbonyl (C=O) groups is 3. The Hall–Kier alpha value is -2.02. The molecule has 0 bridgehead atoms. The van der Waals surface area contributed by atoms with Crippen molar-refractivity contribution >= 4 is 35.2 Å². The monoisotopic (exact) mass is 404 g/mol. The summed E-state index contributed by atoms with van der Waals surface area (Å²) in [6.07, 6.45) is 2.29. The van der Waals surface area contributed by atoms with Crippen LogP contribution in [-0.4, -0.2) is 35.2 Å². The number of amides is 2. The van der Waals surface area contributed by atoms with Crippen LogP contribution in [0.5, 0.6) is 0 Å². The molecule has 5 atom stereocenters. The lowest BCUT2D eigenvalue weighted by Gasteiger charge is -2.35. The Morgan fingerprint density at radius 3 is 2.82 bits per heavy atom. The number of hydrogen-bond donors (Lipinski definition) is 2. The molecule has 1 aromatic carbocycles. The van der Waals surface area contributed by atoms with E-state index in [4.69, 9.17) is 4.74 Å². The van der Waals surface area contributed by atoms with Crippen LogP contribution in [0.2, 0.25) is 0 Å². The highest BCUT2D eigenvalue weighted by Crippen LogP contribution is 2.36. The summed E-state index contributed by atoms with van der Waals surface area (Å²) >= 11 is 1.34. The second-order valence-electron chi connectivity index (χ2n) is 7.81. The van der Waals surface area contributed by atoms with Crippen LogP contribution in [0.3, 0.4) is 0 Å². The molecule has 1 saturated carbocycles. The van der Waals surface area contributed by atoms with Crippen molar-refractivity contribution in [3.8, 4) is 0 Å². The van der Waals surface area contributed by atoms with Crippen molar-refractivity contribution in [3.05, 3.63) is 24.3 Å². The Kier molecular flexibility index (Phi) is 6.65. The molecule has 1 aliphatic heterocycles. The minimum Gasteiger partial charge on any atom is -0.453 e. The van der Waals surface area contributed by atoms with Gasteiger partial charge in [-0.3, -0.25) is 14.4 Å². The molecule has 0 unspecified atom stereocenters. The van der Waals surface area contributed by atoms with E-state index in [1.54, 1.807) is 6.92 Å². The van der Waals surface area contributed by atoms with Gasteiger partial charge in [0.25, 0.3) is 5.91 Å². The lowest BCUT2D eigenvalue weighted by Crippen LogP contribution is -2.47. The Morgan fingerprint density at radius 2 is 2.04 bits per heavy atom. The van der Waals surface area contributed by atoms with Crippen molar-refractivity contribution in [3.63, 3.8) is 0 Å². The highest BCUT2D eigenvalue weighted by molar-refractivity contribution is 8.01. The van der Waals surface area contributed by atoms with Crippen molar-refractivity contribution in [2.24, 2.45) is 11.8 Å². The van der Waals surface area contributed by atoms with Crippen molar-refractivity contribution in [2.45, 2.75) is 68.7 Å². The first-order valence-electron chi connectivity index (χ1n) is 9.91. The number of benzene rings is 1. The largest absolute Gasteiger partial charge is 0.453 e. The zero-order valence-electron chi connectivity index (χ0n) is 16.6. The van der Waals surface area contributed by atoms with Gasteiger partial charge in [0.15, 0.2) is 6.10 Å². The molecule has 2 aliphatic rings. The van der Waals surface area contributed by atoms with Gasteiger partial charge in [0, 0.05) is 10.9 Å². The molecule has 7 heteroatoms. The normalized spacial score (nSPS) is 27.9. The van der Waals surface area contributed by atoms with E-state index in [0.717, 1.165) is 23.4 Å². The first-order chi connectivity index (χ1) is 13.3. The molecule has 2 amide bonds. The fourth-order valence-electron chi connectivity index (χ4n) is 3.76. The van der Waals surface area contributed by atoms with Crippen molar-refractivity contribution in [1.29, 1.82) is 0 Å². The lowest BCUT2D eigenvalue weighted by atomic mass is 9.78. The van der Waals surface area contributed by atoms with Gasteiger partial charge in [0.2, 0.25) is 5.91 Å². The summed E-state index contributed by atoms with van der Waals surface area (Å²) < 4.78 is 5.31. The minimum absolute atomic E-state index is 0.0701. The Labute approximate surface area is 170 Å². The van der Waals surface area contributed by atoms with E-state index in [9.17, 15) is 14.4 Å². The van der Waals surface area contributed by atoms with Gasteiger partial charge in [-0.25, -0.2) is 0 Å². The average molecular weight is 405 g/mol. The number of nitrogens with one attached hydrogen (secondary N) is 2. The predicted molar refractivity (Wildman–Crippen MR) is 109 cm³/mol. The molecule has 0 spiro atoms. The van der Waals surface area contributed by atoms with E-state index >= 15 is 0 Å². The quantitative estimate of drug-likeness (QED) is 0.735. The fourth-order valence-corrected chi connectivity index (χ4v) is 4.86. The molecule has 152 valence electrons. The van der Waals surface area contributed by atoms with Gasteiger partial charge in [-0.2, -0.15) is 0 Å². The standard InChI is InChI=1S/C21H28N2O4S/c1-12-7-6-9-15(13(12)2)22-20(25)14(3)27-19(24)11-18-21(26)23-16-8-4-5-10-17(16)28-18/h4-5,8,10,12-15,18H,6-7,9,11H2,1-3H3,(H,22,25)(H,23,26)/t12-,13-,14-,15+,18-/m1/s1. The maximum absolute atomic E-state index is 12.4. The second-order valence-corrected chi connectivity index (χ2v) is 9.06. The van der Waals surface area contributed by atoms with Crippen LogP contribution >= 0.6 is 11.8 Å². The molecule has 1 heterocycles. The van der Waals surface area contributed by atoms with Crippen LogP contribution in [0, 0.1) is 11.8 Å². The smallest absolute Gasteiger partial charge is 0.308 e. The number of para-hydroxylation sites is 1. The summed E-state index contributed by atoms with van der Waals surface area (Å²) in [5.74, 6) is -0.0578. The van der Waals surface area contributed by atoms with Crippen LogP contribution in [0.25, 0.3) is 0 Å². The number of rotatable bonds is 5.